The van der Waals surface area contributed by atoms with E-state index in [0.29, 0.717) is 11.8 Å². The number of methoxy groups -OCH3 is 1. The predicted molar refractivity (Wildman–Crippen MR) is 75.2 cm³/mol. The van der Waals surface area contributed by atoms with Crippen LogP contribution in [0.4, 0.5) is 5.95 Å². The van der Waals surface area contributed by atoms with E-state index >= 15 is 0 Å². The molecule has 2 heterocycles. The number of ether oxygens (including phenoxy) is 1. The highest BCUT2D eigenvalue weighted by Gasteiger charge is 2.26. The fourth-order valence-corrected chi connectivity index (χ4v) is 2.26. The summed E-state index contributed by atoms with van der Waals surface area (Å²) in [6, 6.07) is 7.10. The first kappa shape index (κ1) is 13.2. The number of fused-ring (bicyclic) bond motifs is 1. The second-order valence-corrected chi connectivity index (χ2v) is 4.66. The Kier molecular flexibility index (Phi) is 3.09. The summed E-state index contributed by atoms with van der Waals surface area (Å²) in [5, 5.41) is 16.3. The van der Waals surface area contributed by atoms with Gasteiger partial charge in [-0.15, -0.1) is 0 Å². The normalized spacial score (nSPS) is 16.7. The number of aliphatic carboxylic acids is 1. The number of rotatable bonds is 3. The van der Waals surface area contributed by atoms with E-state index < -0.39 is 5.97 Å². The number of carbonyl (C=O) groups is 1. The number of carboxylic acids is 1. The molecule has 1 aliphatic heterocycles. The fourth-order valence-electron chi connectivity index (χ4n) is 2.26. The van der Waals surface area contributed by atoms with Gasteiger partial charge in [-0.05, 0) is 30.7 Å². The van der Waals surface area contributed by atoms with Crippen molar-refractivity contribution in [1.29, 1.82) is 0 Å². The predicted octanol–water partition coefficient (Wildman–Crippen LogP) is 1.58. The van der Waals surface area contributed by atoms with Crippen molar-refractivity contribution in [1.82, 2.24) is 14.8 Å². The van der Waals surface area contributed by atoms with Crippen LogP contribution in [0.25, 0.3) is 0 Å². The van der Waals surface area contributed by atoms with Crippen LogP contribution in [0.15, 0.2) is 36.0 Å². The number of anilines is 1. The standard InChI is InChI=1S/C14H14N4O3/c1-8-15-14-16-11(13(19)20)7-12(18(14)17-8)9-3-5-10(21-2)6-4-9/h3-7,12H,1-2H3,(H,19,20)(H,15,16,17). The van der Waals surface area contributed by atoms with Gasteiger partial charge in [0.1, 0.15) is 23.3 Å². The van der Waals surface area contributed by atoms with Crippen LogP contribution in [0.5, 0.6) is 5.75 Å². The number of benzene rings is 1. The molecule has 2 N–H and O–H groups in total. The lowest BCUT2D eigenvalue weighted by Gasteiger charge is -2.22. The molecule has 1 atom stereocenters. The maximum absolute atomic E-state index is 11.2. The van der Waals surface area contributed by atoms with Crippen LogP contribution in [0.3, 0.4) is 0 Å². The summed E-state index contributed by atoms with van der Waals surface area (Å²) in [6.45, 7) is 1.76. The van der Waals surface area contributed by atoms with Gasteiger partial charge >= 0.3 is 5.97 Å². The SMILES string of the molecule is COc1ccc(C2C=C(C(=O)O)Nc3nc(C)nn32)cc1. The van der Waals surface area contributed by atoms with Crippen molar-refractivity contribution in [2.45, 2.75) is 13.0 Å². The number of aromatic nitrogens is 3. The van der Waals surface area contributed by atoms with Gasteiger partial charge in [0.25, 0.3) is 0 Å². The largest absolute Gasteiger partial charge is 0.497 e. The van der Waals surface area contributed by atoms with E-state index in [9.17, 15) is 9.90 Å². The third kappa shape index (κ3) is 2.33. The molecule has 1 aromatic carbocycles. The number of allylic oxidation sites excluding steroid dienone is 1. The maximum atomic E-state index is 11.2. The lowest BCUT2D eigenvalue weighted by Crippen LogP contribution is -2.24. The van der Waals surface area contributed by atoms with Crippen LogP contribution >= 0.6 is 0 Å². The van der Waals surface area contributed by atoms with Crippen molar-refractivity contribution in [3.63, 3.8) is 0 Å². The first-order valence-corrected chi connectivity index (χ1v) is 6.37. The average Bonchev–Trinajstić information content (AvgIpc) is 2.86. The van der Waals surface area contributed by atoms with E-state index in [1.165, 1.54) is 0 Å². The zero-order valence-corrected chi connectivity index (χ0v) is 11.6. The van der Waals surface area contributed by atoms with Gasteiger partial charge in [0, 0.05) is 0 Å². The number of nitrogens with one attached hydrogen (secondary N) is 1. The van der Waals surface area contributed by atoms with Gasteiger partial charge in [0.15, 0.2) is 0 Å². The zero-order valence-electron chi connectivity index (χ0n) is 11.6. The van der Waals surface area contributed by atoms with Crippen LogP contribution in [0.1, 0.15) is 17.4 Å². The van der Waals surface area contributed by atoms with Crippen molar-refractivity contribution in [2.24, 2.45) is 0 Å². The molecular weight excluding hydrogens is 272 g/mol. The van der Waals surface area contributed by atoms with Crippen molar-refractivity contribution in [3.8, 4) is 5.75 Å². The second kappa shape index (κ2) is 4.93. The van der Waals surface area contributed by atoms with E-state index in [4.69, 9.17) is 4.74 Å². The molecule has 108 valence electrons. The van der Waals surface area contributed by atoms with Gasteiger partial charge in [0.2, 0.25) is 5.95 Å². The minimum Gasteiger partial charge on any atom is -0.497 e. The summed E-state index contributed by atoms with van der Waals surface area (Å²) in [6.07, 6.45) is 1.62. The molecule has 0 radical (unpaired) electrons. The highest BCUT2D eigenvalue weighted by atomic mass is 16.5. The Labute approximate surface area is 120 Å². The van der Waals surface area contributed by atoms with Gasteiger partial charge in [-0.2, -0.15) is 10.1 Å². The first-order chi connectivity index (χ1) is 10.1. The molecular formula is C14H14N4O3. The molecule has 0 spiro atoms. The van der Waals surface area contributed by atoms with Crippen LogP contribution in [0, 0.1) is 6.92 Å². The summed E-state index contributed by atoms with van der Waals surface area (Å²) < 4.78 is 6.80. The van der Waals surface area contributed by atoms with Crippen molar-refractivity contribution in [3.05, 3.63) is 47.4 Å². The Morgan fingerprint density at radius 1 is 1.38 bits per heavy atom. The molecule has 2 aromatic rings. The highest BCUT2D eigenvalue weighted by molar-refractivity contribution is 5.90. The van der Waals surface area contributed by atoms with Crippen LogP contribution in [-0.2, 0) is 4.79 Å². The molecule has 1 aromatic heterocycles. The smallest absolute Gasteiger partial charge is 0.352 e. The van der Waals surface area contributed by atoms with Gasteiger partial charge < -0.3 is 15.2 Å². The molecule has 0 saturated heterocycles. The number of aryl methyl sites for hydroxylation is 1. The topological polar surface area (TPSA) is 89.3 Å². The van der Waals surface area contributed by atoms with Gasteiger partial charge in [-0.25, -0.2) is 9.48 Å². The van der Waals surface area contributed by atoms with Crippen molar-refractivity contribution in [2.75, 3.05) is 12.4 Å². The van der Waals surface area contributed by atoms with E-state index in [0.717, 1.165) is 11.3 Å². The summed E-state index contributed by atoms with van der Waals surface area (Å²) in [5.74, 6) is 0.717. The third-order valence-electron chi connectivity index (χ3n) is 3.26. The van der Waals surface area contributed by atoms with Gasteiger partial charge in [0.05, 0.1) is 7.11 Å². The van der Waals surface area contributed by atoms with Crippen LogP contribution in [-0.4, -0.2) is 33.0 Å². The van der Waals surface area contributed by atoms with E-state index in [1.54, 1.807) is 24.8 Å². The molecule has 0 amide bonds. The highest BCUT2D eigenvalue weighted by Crippen LogP contribution is 2.29. The van der Waals surface area contributed by atoms with Gasteiger partial charge in [-0.1, -0.05) is 12.1 Å². The van der Waals surface area contributed by atoms with E-state index in [1.807, 2.05) is 24.3 Å². The van der Waals surface area contributed by atoms with E-state index in [-0.39, 0.29) is 11.7 Å². The van der Waals surface area contributed by atoms with Crippen molar-refractivity contribution < 1.29 is 14.6 Å². The molecule has 1 unspecified atom stereocenters. The molecule has 0 saturated carbocycles. The molecule has 3 rings (SSSR count). The minimum absolute atomic E-state index is 0.0933. The molecule has 7 nitrogen and oxygen atoms in total. The molecule has 21 heavy (non-hydrogen) atoms. The van der Waals surface area contributed by atoms with Crippen LogP contribution < -0.4 is 10.1 Å². The molecule has 0 bridgehead atoms. The fraction of sp³-hybridized carbons (Fsp3) is 0.214. The van der Waals surface area contributed by atoms with Crippen LogP contribution in [0.2, 0.25) is 0 Å². The number of carboxylic acid groups (broad SMARTS) is 1. The zero-order chi connectivity index (χ0) is 15.0. The Hall–Kier alpha value is -2.83. The summed E-state index contributed by atoms with van der Waals surface area (Å²) >= 11 is 0. The Bertz CT molecular complexity index is 718. The monoisotopic (exact) mass is 286 g/mol. The van der Waals surface area contributed by atoms with E-state index in [2.05, 4.69) is 15.4 Å². The third-order valence-corrected chi connectivity index (χ3v) is 3.26. The molecule has 0 fully saturated rings. The maximum Gasteiger partial charge on any atom is 0.352 e. The minimum atomic E-state index is -1.03. The van der Waals surface area contributed by atoms with Crippen molar-refractivity contribution >= 4 is 11.9 Å². The molecule has 0 aliphatic carbocycles. The Morgan fingerprint density at radius 2 is 2.10 bits per heavy atom. The quantitative estimate of drug-likeness (QED) is 0.890. The first-order valence-electron chi connectivity index (χ1n) is 6.37. The number of hydrogen-bond donors (Lipinski definition) is 2. The Morgan fingerprint density at radius 3 is 2.71 bits per heavy atom. The second-order valence-electron chi connectivity index (χ2n) is 4.66. The number of hydrogen-bond acceptors (Lipinski definition) is 5. The summed E-state index contributed by atoms with van der Waals surface area (Å²) in [5.41, 5.74) is 0.998. The number of nitrogens with zero attached hydrogens (tertiary/aromatic N) is 3. The molecule has 7 heteroatoms. The Balaban J connectivity index is 2.07. The molecule has 1 aliphatic rings. The lowest BCUT2D eigenvalue weighted by atomic mass is 10.0. The van der Waals surface area contributed by atoms with Gasteiger partial charge in [-0.3, -0.25) is 0 Å². The summed E-state index contributed by atoms with van der Waals surface area (Å²) in [4.78, 5) is 15.4. The average molecular weight is 286 g/mol. The lowest BCUT2D eigenvalue weighted by molar-refractivity contribution is -0.132. The summed E-state index contributed by atoms with van der Waals surface area (Å²) in [7, 11) is 1.60.